The standard InChI is InChI=1S/C17H20FN3O2/c1-12-16(8-9-17(23)19-10-3-11-22)13(2)21(20-12)15-6-4-14(18)5-7-15/h4-9,22H,3,10-11H2,1-2H3,(H,19,23)/b9-8+. The van der Waals surface area contributed by atoms with Crippen LogP contribution in [0.25, 0.3) is 11.8 Å². The third-order valence-electron chi connectivity index (χ3n) is 3.45. The summed E-state index contributed by atoms with van der Waals surface area (Å²) < 4.78 is 14.7. The number of rotatable bonds is 6. The number of carbonyl (C=O) groups excluding carboxylic acids is 1. The summed E-state index contributed by atoms with van der Waals surface area (Å²) in [5.74, 6) is -0.512. The lowest BCUT2D eigenvalue weighted by Crippen LogP contribution is -2.22. The van der Waals surface area contributed by atoms with E-state index in [0.29, 0.717) is 13.0 Å². The van der Waals surface area contributed by atoms with Crippen molar-refractivity contribution in [3.8, 4) is 5.69 Å². The van der Waals surface area contributed by atoms with Crippen LogP contribution in [0, 0.1) is 19.7 Å². The first-order valence-corrected chi connectivity index (χ1v) is 7.42. The van der Waals surface area contributed by atoms with E-state index in [9.17, 15) is 9.18 Å². The molecule has 1 heterocycles. The van der Waals surface area contributed by atoms with Crippen molar-refractivity contribution in [2.45, 2.75) is 20.3 Å². The molecule has 0 radical (unpaired) electrons. The molecule has 1 aromatic heterocycles. The minimum atomic E-state index is -0.296. The molecule has 1 amide bonds. The largest absolute Gasteiger partial charge is 0.396 e. The second kappa shape index (κ2) is 7.69. The summed E-state index contributed by atoms with van der Waals surface area (Å²) in [6.07, 6.45) is 3.69. The van der Waals surface area contributed by atoms with Gasteiger partial charge in [0.25, 0.3) is 0 Å². The van der Waals surface area contributed by atoms with Crippen LogP contribution in [0.5, 0.6) is 0 Å². The molecule has 1 aromatic carbocycles. The quantitative estimate of drug-likeness (QED) is 0.633. The van der Waals surface area contributed by atoms with E-state index in [2.05, 4.69) is 10.4 Å². The van der Waals surface area contributed by atoms with Crippen LogP contribution in [0.2, 0.25) is 0 Å². The van der Waals surface area contributed by atoms with Crippen molar-refractivity contribution in [1.29, 1.82) is 0 Å². The average molecular weight is 317 g/mol. The first-order valence-electron chi connectivity index (χ1n) is 7.42. The summed E-state index contributed by atoms with van der Waals surface area (Å²) in [7, 11) is 0. The Balaban J connectivity index is 2.17. The number of carbonyl (C=O) groups is 1. The molecule has 5 nitrogen and oxygen atoms in total. The van der Waals surface area contributed by atoms with Gasteiger partial charge in [-0.15, -0.1) is 0 Å². The molecule has 0 saturated heterocycles. The SMILES string of the molecule is Cc1nn(-c2ccc(F)cc2)c(C)c1/C=C/C(=O)NCCCO. The molecule has 2 rings (SSSR count). The zero-order chi connectivity index (χ0) is 16.8. The van der Waals surface area contributed by atoms with Crippen molar-refractivity contribution < 1.29 is 14.3 Å². The Morgan fingerprint density at radius 2 is 2.04 bits per heavy atom. The van der Waals surface area contributed by atoms with Gasteiger partial charge in [0, 0.05) is 30.5 Å². The van der Waals surface area contributed by atoms with Gasteiger partial charge in [0.1, 0.15) is 5.82 Å². The number of aliphatic hydroxyl groups excluding tert-OH is 1. The van der Waals surface area contributed by atoms with Gasteiger partial charge in [0.15, 0.2) is 0 Å². The van der Waals surface area contributed by atoms with Crippen LogP contribution in [0.4, 0.5) is 4.39 Å². The molecule has 0 aliphatic rings. The van der Waals surface area contributed by atoms with E-state index in [1.165, 1.54) is 18.2 Å². The highest BCUT2D eigenvalue weighted by Gasteiger charge is 2.11. The fourth-order valence-corrected chi connectivity index (χ4v) is 2.24. The molecular weight excluding hydrogens is 297 g/mol. The van der Waals surface area contributed by atoms with Crippen molar-refractivity contribution in [2.24, 2.45) is 0 Å². The van der Waals surface area contributed by atoms with Crippen LogP contribution in [-0.4, -0.2) is 33.9 Å². The highest BCUT2D eigenvalue weighted by molar-refractivity contribution is 5.92. The molecule has 0 fully saturated rings. The molecule has 0 spiro atoms. The number of benzene rings is 1. The van der Waals surface area contributed by atoms with E-state index in [0.717, 1.165) is 22.6 Å². The molecule has 0 saturated carbocycles. The van der Waals surface area contributed by atoms with E-state index in [1.54, 1.807) is 22.9 Å². The maximum Gasteiger partial charge on any atom is 0.244 e. The van der Waals surface area contributed by atoms with Crippen LogP contribution in [0.15, 0.2) is 30.3 Å². The number of amides is 1. The zero-order valence-corrected chi connectivity index (χ0v) is 13.2. The van der Waals surface area contributed by atoms with E-state index in [-0.39, 0.29) is 18.3 Å². The van der Waals surface area contributed by atoms with Gasteiger partial charge in [0.05, 0.1) is 11.4 Å². The van der Waals surface area contributed by atoms with Gasteiger partial charge in [-0.1, -0.05) is 0 Å². The molecule has 2 aromatic rings. The van der Waals surface area contributed by atoms with Gasteiger partial charge in [0.2, 0.25) is 5.91 Å². The van der Waals surface area contributed by atoms with Crippen LogP contribution in [-0.2, 0) is 4.79 Å². The predicted molar refractivity (Wildman–Crippen MR) is 86.7 cm³/mol. The lowest BCUT2D eigenvalue weighted by atomic mass is 10.2. The Bertz CT molecular complexity index is 705. The minimum absolute atomic E-state index is 0.0483. The van der Waals surface area contributed by atoms with Crippen molar-refractivity contribution in [1.82, 2.24) is 15.1 Å². The maximum absolute atomic E-state index is 13.0. The molecule has 0 atom stereocenters. The van der Waals surface area contributed by atoms with E-state index >= 15 is 0 Å². The molecule has 0 unspecified atom stereocenters. The Labute approximate surface area is 134 Å². The van der Waals surface area contributed by atoms with Crippen molar-refractivity contribution in [3.63, 3.8) is 0 Å². The lowest BCUT2D eigenvalue weighted by molar-refractivity contribution is -0.116. The second-order valence-corrected chi connectivity index (χ2v) is 5.17. The van der Waals surface area contributed by atoms with Gasteiger partial charge in [-0.05, 0) is 50.6 Å². The smallest absolute Gasteiger partial charge is 0.244 e. The highest BCUT2D eigenvalue weighted by atomic mass is 19.1. The summed E-state index contributed by atoms with van der Waals surface area (Å²) in [5.41, 5.74) is 3.27. The Morgan fingerprint density at radius 3 is 2.70 bits per heavy atom. The number of nitrogens with one attached hydrogen (secondary N) is 1. The van der Waals surface area contributed by atoms with Gasteiger partial charge in [-0.25, -0.2) is 9.07 Å². The third-order valence-corrected chi connectivity index (χ3v) is 3.45. The van der Waals surface area contributed by atoms with Crippen LogP contribution in [0.3, 0.4) is 0 Å². The summed E-state index contributed by atoms with van der Waals surface area (Å²) in [5, 5.41) is 15.8. The number of hydrogen-bond acceptors (Lipinski definition) is 3. The third kappa shape index (κ3) is 4.26. The van der Waals surface area contributed by atoms with Crippen LogP contribution in [0.1, 0.15) is 23.4 Å². The summed E-state index contributed by atoms with van der Waals surface area (Å²) in [6, 6.07) is 6.08. The molecule has 0 bridgehead atoms. The highest BCUT2D eigenvalue weighted by Crippen LogP contribution is 2.19. The molecule has 23 heavy (non-hydrogen) atoms. The Morgan fingerprint density at radius 1 is 1.35 bits per heavy atom. The molecule has 2 N–H and O–H groups in total. The molecule has 0 aliphatic carbocycles. The predicted octanol–water partition coefficient (Wildman–Crippen LogP) is 2.14. The summed E-state index contributed by atoms with van der Waals surface area (Å²) in [4.78, 5) is 11.7. The topological polar surface area (TPSA) is 67.2 Å². The number of aliphatic hydroxyl groups is 1. The molecule has 6 heteroatoms. The number of aryl methyl sites for hydroxylation is 1. The maximum atomic E-state index is 13.0. The van der Waals surface area contributed by atoms with Gasteiger partial charge in [-0.2, -0.15) is 5.10 Å². The fraction of sp³-hybridized carbons (Fsp3) is 0.294. The molecular formula is C17H20FN3O2. The Hall–Kier alpha value is -2.47. The van der Waals surface area contributed by atoms with E-state index < -0.39 is 0 Å². The van der Waals surface area contributed by atoms with Gasteiger partial charge in [-0.3, -0.25) is 4.79 Å². The first kappa shape index (κ1) is 16.9. The molecule has 0 aliphatic heterocycles. The monoisotopic (exact) mass is 317 g/mol. The summed E-state index contributed by atoms with van der Waals surface area (Å²) >= 11 is 0. The number of aromatic nitrogens is 2. The van der Waals surface area contributed by atoms with Crippen molar-refractivity contribution in [2.75, 3.05) is 13.2 Å². The summed E-state index contributed by atoms with van der Waals surface area (Å²) in [6.45, 7) is 4.24. The normalized spacial score (nSPS) is 11.1. The first-order chi connectivity index (χ1) is 11.0. The number of hydrogen-bond donors (Lipinski definition) is 2. The van der Waals surface area contributed by atoms with E-state index in [4.69, 9.17) is 5.11 Å². The average Bonchev–Trinajstić information content (AvgIpc) is 2.81. The fourth-order valence-electron chi connectivity index (χ4n) is 2.24. The zero-order valence-electron chi connectivity index (χ0n) is 13.2. The molecule has 122 valence electrons. The second-order valence-electron chi connectivity index (χ2n) is 5.17. The van der Waals surface area contributed by atoms with Crippen molar-refractivity contribution >= 4 is 12.0 Å². The van der Waals surface area contributed by atoms with Crippen LogP contribution < -0.4 is 5.32 Å². The Kier molecular flexibility index (Phi) is 5.65. The van der Waals surface area contributed by atoms with Gasteiger partial charge < -0.3 is 10.4 Å². The van der Waals surface area contributed by atoms with Crippen LogP contribution >= 0.6 is 0 Å². The van der Waals surface area contributed by atoms with Gasteiger partial charge >= 0.3 is 0 Å². The number of nitrogens with zero attached hydrogens (tertiary/aromatic N) is 2. The minimum Gasteiger partial charge on any atom is -0.396 e. The van der Waals surface area contributed by atoms with Crippen molar-refractivity contribution in [3.05, 3.63) is 53.1 Å². The number of halogens is 1. The lowest BCUT2D eigenvalue weighted by Gasteiger charge is -2.04. The van der Waals surface area contributed by atoms with E-state index in [1.807, 2.05) is 13.8 Å².